The van der Waals surface area contributed by atoms with Crippen molar-refractivity contribution in [2.45, 2.75) is 31.1 Å². The van der Waals surface area contributed by atoms with E-state index in [4.69, 9.17) is 0 Å². The molecule has 1 aromatic rings. The third-order valence-corrected chi connectivity index (χ3v) is 4.17. The summed E-state index contributed by atoms with van der Waals surface area (Å²) in [4.78, 5) is 25.8. The fraction of sp³-hybridized carbons (Fsp3) is 0.429. The van der Waals surface area contributed by atoms with Crippen molar-refractivity contribution < 1.29 is 9.59 Å². The molecule has 0 atom stereocenters. The van der Waals surface area contributed by atoms with Crippen LogP contribution >= 0.6 is 0 Å². The summed E-state index contributed by atoms with van der Waals surface area (Å²) in [6.45, 7) is 0. The number of likely N-dealkylation sites (N-methyl/N-ethyl adjacent to an activating group) is 1. The number of Topliss-reactive ketones (excluding diaryl/α,β-unsaturated/α-hetero) is 1. The number of carbonyl (C=O) groups is 2. The summed E-state index contributed by atoms with van der Waals surface area (Å²) >= 11 is 0. The van der Waals surface area contributed by atoms with E-state index in [1.54, 1.807) is 7.05 Å². The highest BCUT2D eigenvalue weighted by molar-refractivity contribution is 6.46. The molecule has 17 heavy (non-hydrogen) atoms. The highest BCUT2D eigenvalue weighted by Gasteiger charge is 2.51. The second-order valence-corrected chi connectivity index (χ2v) is 5.00. The quantitative estimate of drug-likeness (QED) is 0.638. The van der Waals surface area contributed by atoms with Gasteiger partial charge in [0, 0.05) is 12.7 Å². The summed E-state index contributed by atoms with van der Waals surface area (Å²) in [5.41, 5.74) is 1.43. The lowest BCUT2D eigenvalue weighted by molar-refractivity contribution is -0.140. The molecule has 1 aliphatic heterocycles. The molecule has 1 fully saturated rings. The molecule has 1 heterocycles. The van der Waals surface area contributed by atoms with Gasteiger partial charge in [-0.1, -0.05) is 31.0 Å². The normalized spacial score (nSPS) is 22.1. The Morgan fingerprint density at radius 2 is 1.76 bits per heavy atom. The Morgan fingerprint density at radius 1 is 1.12 bits per heavy atom. The van der Waals surface area contributed by atoms with Gasteiger partial charge in [0.15, 0.2) is 0 Å². The number of benzene rings is 1. The Bertz CT molecular complexity index is 501. The molecule has 1 spiro atoms. The van der Waals surface area contributed by atoms with E-state index in [0.717, 1.165) is 36.9 Å². The third-order valence-electron chi connectivity index (χ3n) is 4.17. The van der Waals surface area contributed by atoms with Gasteiger partial charge in [0.05, 0.1) is 5.41 Å². The van der Waals surface area contributed by atoms with Gasteiger partial charge < -0.3 is 4.90 Å². The minimum Gasteiger partial charge on any atom is -0.309 e. The molecular weight excluding hydrogens is 214 g/mol. The van der Waals surface area contributed by atoms with E-state index in [9.17, 15) is 9.59 Å². The fourth-order valence-electron chi connectivity index (χ4n) is 3.23. The Morgan fingerprint density at radius 3 is 2.47 bits per heavy atom. The minimum atomic E-state index is -0.514. The van der Waals surface area contributed by atoms with Crippen molar-refractivity contribution in [1.29, 1.82) is 0 Å². The number of ketones is 1. The zero-order valence-electron chi connectivity index (χ0n) is 9.90. The van der Waals surface area contributed by atoms with Crippen LogP contribution in [0.5, 0.6) is 0 Å². The van der Waals surface area contributed by atoms with Crippen molar-refractivity contribution in [3.8, 4) is 0 Å². The molecule has 1 amide bonds. The maximum absolute atomic E-state index is 12.3. The molecule has 0 unspecified atom stereocenters. The van der Waals surface area contributed by atoms with Crippen molar-refractivity contribution in [3.05, 3.63) is 29.8 Å². The lowest BCUT2D eigenvalue weighted by Crippen LogP contribution is -2.50. The Kier molecular flexibility index (Phi) is 2.12. The molecule has 1 aliphatic carbocycles. The van der Waals surface area contributed by atoms with Crippen LogP contribution < -0.4 is 4.90 Å². The topological polar surface area (TPSA) is 37.4 Å². The molecule has 0 N–H and O–H groups in total. The number of hydrogen-bond acceptors (Lipinski definition) is 2. The van der Waals surface area contributed by atoms with Gasteiger partial charge in [-0.25, -0.2) is 0 Å². The van der Waals surface area contributed by atoms with Crippen LogP contribution in [0.3, 0.4) is 0 Å². The van der Waals surface area contributed by atoms with E-state index < -0.39 is 5.41 Å². The van der Waals surface area contributed by atoms with Gasteiger partial charge in [-0.05, 0) is 24.5 Å². The van der Waals surface area contributed by atoms with Crippen molar-refractivity contribution in [1.82, 2.24) is 0 Å². The van der Waals surface area contributed by atoms with E-state index in [-0.39, 0.29) is 11.7 Å². The van der Waals surface area contributed by atoms with Gasteiger partial charge in [-0.15, -0.1) is 0 Å². The van der Waals surface area contributed by atoms with Crippen LogP contribution in [-0.4, -0.2) is 18.7 Å². The Balaban J connectivity index is 2.26. The van der Waals surface area contributed by atoms with Crippen molar-refractivity contribution >= 4 is 17.4 Å². The number of nitrogens with zero attached hydrogens (tertiary/aromatic N) is 1. The number of anilines is 1. The minimum absolute atomic E-state index is 0.212. The van der Waals surface area contributed by atoms with Gasteiger partial charge in [-0.3, -0.25) is 9.59 Å². The van der Waals surface area contributed by atoms with E-state index in [2.05, 4.69) is 0 Å². The lowest BCUT2D eigenvalue weighted by Gasteiger charge is -2.37. The number of fused-ring (bicyclic) bond motifs is 2. The van der Waals surface area contributed by atoms with E-state index in [1.165, 1.54) is 4.90 Å². The number of para-hydroxylation sites is 1. The lowest BCUT2D eigenvalue weighted by atomic mass is 9.72. The van der Waals surface area contributed by atoms with E-state index in [0.29, 0.717) is 0 Å². The van der Waals surface area contributed by atoms with E-state index in [1.807, 2.05) is 24.3 Å². The molecular formula is C14H15NO2. The molecule has 0 aromatic heterocycles. The fourth-order valence-corrected chi connectivity index (χ4v) is 3.23. The molecule has 1 saturated carbocycles. The van der Waals surface area contributed by atoms with Crippen LogP contribution in [0.25, 0.3) is 0 Å². The maximum Gasteiger partial charge on any atom is 0.295 e. The van der Waals surface area contributed by atoms with Gasteiger partial charge in [0.1, 0.15) is 0 Å². The second-order valence-electron chi connectivity index (χ2n) is 5.00. The number of hydrogen-bond donors (Lipinski definition) is 0. The van der Waals surface area contributed by atoms with E-state index >= 15 is 0 Å². The summed E-state index contributed by atoms with van der Waals surface area (Å²) < 4.78 is 0. The van der Waals surface area contributed by atoms with Crippen molar-refractivity contribution in [2.75, 3.05) is 11.9 Å². The van der Waals surface area contributed by atoms with Gasteiger partial charge in [0.2, 0.25) is 5.78 Å². The molecule has 3 heteroatoms. The average Bonchev–Trinajstić information content (AvgIpc) is 2.85. The summed E-state index contributed by atoms with van der Waals surface area (Å²) in [5, 5.41) is 0. The highest BCUT2D eigenvalue weighted by Crippen LogP contribution is 2.48. The molecule has 3 rings (SSSR count). The first kappa shape index (κ1) is 10.5. The third kappa shape index (κ3) is 1.22. The van der Waals surface area contributed by atoms with Crippen LogP contribution in [0.2, 0.25) is 0 Å². The van der Waals surface area contributed by atoms with Crippen LogP contribution in [0.4, 0.5) is 5.69 Å². The smallest absolute Gasteiger partial charge is 0.295 e. The second kappa shape index (κ2) is 3.42. The van der Waals surface area contributed by atoms with Crippen LogP contribution in [-0.2, 0) is 15.0 Å². The molecule has 3 nitrogen and oxygen atoms in total. The van der Waals surface area contributed by atoms with Crippen molar-refractivity contribution in [3.63, 3.8) is 0 Å². The molecule has 1 aromatic carbocycles. The number of rotatable bonds is 0. The summed E-state index contributed by atoms with van der Waals surface area (Å²) in [6.07, 6.45) is 3.72. The van der Waals surface area contributed by atoms with Gasteiger partial charge >= 0.3 is 0 Å². The van der Waals surface area contributed by atoms with Gasteiger partial charge in [0.25, 0.3) is 5.91 Å². The monoisotopic (exact) mass is 229 g/mol. The summed E-state index contributed by atoms with van der Waals surface area (Å²) in [7, 11) is 1.68. The molecule has 0 bridgehead atoms. The SMILES string of the molecule is CN1C(=O)C(=O)C2(CCCC2)c2ccccc21. The van der Waals surface area contributed by atoms with Crippen molar-refractivity contribution in [2.24, 2.45) is 0 Å². The predicted molar refractivity (Wildman–Crippen MR) is 65.0 cm³/mol. The van der Waals surface area contributed by atoms with Crippen LogP contribution in [0, 0.1) is 0 Å². The Hall–Kier alpha value is -1.64. The zero-order chi connectivity index (χ0) is 12.0. The first-order chi connectivity index (χ1) is 8.17. The molecule has 0 radical (unpaired) electrons. The summed E-state index contributed by atoms with van der Waals surface area (Å²) in [6, 6.07) is 7.80. The van der Waals surface area contributed by atoms with Gasteiger partial charge in [-0.2, -0.15) is 0 Å². The first-order valence-electron chi connectivity index (χ1n) is 6.09. The summed E-state index contributed by atoms with van der Waals surface area (Å²) in [5.74, 6) is -0.568. The molecule has 0 saturated heterocycles. The molecule has 88 valence electrons. The zero-order valence-corrected chi connectivity index (χ0v) is 9.90. The first-order valence-corrected chi connectivity index (χ1v) is 6.09. The van der Waals surface area contributed by atoms with Crippen LogP contribution in [0.15, 0.2) is 24.3 Å². The highest BCUT2D eigenvalue weighted by atomic mass is 16.2. The predicted octanol–water partition coefficient (Wildman–Crippen LogP) is 2.04. The Labute approximate surface area is 100 Å². The van der Waals surface area contributed by atoms with Crippen LogP contribution in [0.1, 0.15) is 31.2 Å². The maximum atomic E-state index is 12.3. The molecule has 2 aliphatic rings. The number of carbonyl (C=O) groups excluding carboxylic acids is 2. The number of amides is 1. The largest absolute Gasteiger partial charge is 0.309 e. The standard InChI is InChI=1S/C14H15NO2/c1-15-11-7-3-2-6-10(11)14(8-4-5-9-14)12(16)13(15)17/h2-3,6-7H,4-5,8-9H2,1H3. The average molecular weight is 229 g/mol.